The van der Waals surface area contributed by atoms with Gasteiger partial charge in [0.15, 0.2) is 0 Å². The molecule has 0 unspecified atom stereocenters. The maximum absolute atomic E-state index is 13.0. The van der Waals surface area contributed by atoms with E-state index in [-0.39, 0.29) is 12.0 Å². The van der Waals surface area contributed by atoms with Crippen molar-refractivity contribution >= 4 is 39.1 Å². The molecule has 1 aliphatic carbocycles. The highest BCUT2D eigenvalue weighted by molar-refractivity contribution is 7.20. The SMILES string of the molecule is O=C(c1ccc2c(c1)CCCC2)N1CCC(Oc2nc3c(Cl)cccc3s2)CC1. The van der Waals surface area contributed by atoms with E-state index in [0.29, 0.717) is 23.3 Å². The summed E-state index contributed by atoms with van der Waals surface area (Å²) in [5.74, 6) is 0.142. The first-order valence-corrected chi connectivity index (χ1v) is 11.5. The van der Waals surface area contributed by atoms with Crippen molar-refractivity contribution in [3.63, 3.8) is 0 Å². The molecular weight excluding hydrogens is 404 g/mol. The maximum Gasteiger partial charge on any atom is 0.274 e. The van der Waals surface area contributed by atoms with Crippen LogP contribution in [-0.4, -0.2) is 35.0 Å². The number of likely N-dealkylation sites (tertiary alicyclic amines) is 1. The predicted molar refractivity (Wildman–Crippen MR) is 117 cm³/mol. The second-order valence-corrected chi connectivity index (χ2v) is 9.27. The molecule has 150 valence electrons. The molecule has 29 heavy (non-hydrogen) atoms. The van der Waals surface area contributed by atoms with Crippen molar-refractivity contribution in [2.45, 2.75) is 44.6 Å². The van der Waals surface area contributed by atoms with Crippen LogP contribution in [0.3, 0.4) is 0 Å². The average Bonchev–Trinajstić information content (AvgIpc) is 3.17. The Kier molecular flexibility index (Phi) is 5.18. The van der Waals surface area contributed by atoms with Crippen LogP contribution in [0.25, 0.3) is 10.2 Å². The van der Waals surface area contributed by atoms with Crippen LogP contribution in [0, 0.1) is 0 Å². The van der Waals surface area contributed by atoms with Gasteiger partial charge in [-0.05, 0) is 61.1 Å². The molecule has 1 aliphatic heterocycles. The van der Waals surface area contributed by atoms with Gasteiger partial charge in [-0.1, -0.05) is 35.1 Å². The van der Waals surface area contributed by atoms with E-state index in [1.807, 2.05) is 29.2 Å². The Labute approximate surface area is 179 Å². The number of carbonyl (C=O) groups excluding carboxylic acids is 1. The Hall–Kier alpha value is -2.11. The molecule has 0 N–H and O–H groups in total. The van der Waals surface area contributed by atoms with E-state index in [1.54, 1.807) is 0 Å². The normalized spacial score (nSPS) is 17.3. The van der Waals surface area contributed by atoms with Crippen molar-refractivity contribution in [3.05, 3.63) is 58.1 Å². The largest absolute Gasteiger partial charge is 0.467 e. The van der Waals surface area contributed by atoms with Crippen molar-refractivity contribution in [1.82, 2.24) is 9.88 Å². The summed E-state index contributed by atoms with van der Waals surface area (Å²) in [6.07, 6.45) is 6.45. The lowest BCUT2D eigenvalue weighted by molar-refractivity contribution is 0.0595. The van der Waals surface area contributed by atoms with Crippen molar-refractivity contribution < 1.29 is 9.53 Å². The summed E-state index contributed by atoms with van der Waals surface area (Å²) in [5.41, 5.74) is 4.39. The van der Waals surface area contributed by atoms with Crippen LogP contribution in [0.5, 0.6) is 5.19 Å². The van der Waals surface area contributed by atoms with Crippen LogP contribution in [0.2, 0.25) is 5.02 Å². The van der Waals surface area contributed by atoms with Gasteiger partial charge in [-0.2, -0.15) is 0 Å². The number of thiazole rings is 1. The lowest BCUT2D eigenvalue weighted by atomic mass is 9.90. The molecule has 1 fully saturated rings. The quantitative estimate of drug-likeness (QED) is 0.554. The molecule has 0 saturated carbocycles. The first-order valence-electron chi connectivity index (χ1n) is 10.3. The van der Waals surface area contributed by atoms with Crippen LogP contribution < -0.4 is 4.74 Å². The van der Waals surface area contributed by atoms with Crippen LogP contribution >= 0.6 is 22.9 Å². The van der Waals surface area contributed by atoms with Crippen molar-refractivity contribution in [2.75, 3.05) is 13.1 Å². The molecule has 0 atom stereocenters. The lowest BCUT2D eigenvalue weighted by Crippen LogP contribution is -2.41. The highest BCUT2D eigenvalue weighted by Crippen LogP contribution is 2.33. The van der Waals surface area contributed by atoms with Crippen molar-refractivity contribution in [2.24, 2.45) is 0 Å². The van der Waals surface area contributed by atoms with E-state index < -0.39 is 0 Å². The molecule has 5 rings (SSSR count). The summed E-state index contributed by atoms with van der Waals surface area (Å²) in [6.45, 7) is 1.43. The Balaban J connectivity index is 1.22. The van der Waals surface area contributed by atoms with E-state index >= 15 is 0 Å². The van der Waals surface area contributed by atoms with Gasteiger partial charge in [0, 0.05) is 31.5 Å². The third-order valence-corrected chi connectivity index (χ3v) is 7.16. The van der Waals surface area contributed by atoms with Gasteiger partial charge < -0.3 is 9.64 Å². The zero-order valence-corrected chi connectivity index (χ0v) is 17.8. The maximum atomic E-state index is 13.0. The highest BCUT2D eigenvalue weighted by Gasteiger charge is 2.26. The zero-order chi connectivity index (χ0) is 19.8. The summed E-state index contributed by atoms with van der Waals surface area (Å²) in [6, 6.07) is 12.0. The molecular formula is C23H23ClN2O2S. The van der Waals surface area contributed by atoms with E-state index in [1.165, 1.54) is 35.3 Å². The molecule has 0 radical (unpaired) electrons. The minimum atomic E-state index is 0.0851. The summed E-state index contributed by atoms with van der Waals surface area (Å²) < 4.78 is 7.15. The topological polar surface area (TPSA) is 42.4 Å². The number of halogens is 1. The second-order valence-electron chi connectivity index (χ2n) is 7.87. The number of ether oxygens (including phenoxy) is 1. The molecule has 1 saturated heterocycles. The first-order chi connectivity index (χ1) is 14.2. The Bertz CT molecular complexity index is 1060. The summed E-state index contributed by atoms with van der Waals surface area (Å²) in [4.78, 5) is 19.5. The minimum Gasteiger partial charge on any atom is -0.467 e. The van der Waals surface area contributed by atoms with Gasteiger partial charge in [0.1, 0.15) is 11.6 Å². The molecule has 4 nitrogen and oxygen atoms in total. The molecule has 0 spiro atoms. The number of fused-ring (bicyclic) bond motifs is 2. The molecule has 2 aromatic carbocycles. The van der Waals surface area contributed by atoms with Crippen molar-refractivity contribution in [1.29, 1.82) is 0 Å². The number of rotatable bonds is 3. The molecule has 1 amide bonds. The number of benzene rings is 2. The highest BCUT2D eigenvalue weighted by atomic mass is 35.5. The third-order valence-electron chi connectivity index (χ3n) is 5.94. The molecule has 2 aliphatic rings. The summed E-state index contributed by atoms with van der Waals surface area (Å²) in [7, 11) is 0. The monoisotopic (exact) mass is 426 g/mol. The second kappa shape index (κ2) is 7.96. The number of hydrogen-bond acceptors (Lipinski definition) is 4. The van der Waals surface area contributed by atoms with Gasteiger partial charge in [0.05, 0.1) is 9.72 Å². The number of aromatic nitrogens is 1. The fraction of sp³-hybridized carbons (Fsp3) is 0.391. The molecule has 2 heterocycles. The molecule has 6 heteroatoms. The van der Waals surface area contributed by atoms with Gasteiger partial charge in [-0.25, -0.2) is 4.98 Å². The minimum absolute atomic E-state index is 0.0851. The average molecular weight is 427 g/mol. The number of para-hydroxylation sites is 1. The van der Waals surface area contributed by atoms with Gasteiger partial charge in [0.2, 0.25) is 0 Å². The van der Waals surface area contributed by atoms with E-state index in [2.05, 4.69) is 17.1 Å². The summed E-state index contributed by atoms with van der Waals surface area (Å²) >= 11 is 7.74. The molecule has 0 bridgehead atoms. The molecule has 3 aromatic rings. The Morgan fingerprint density at radius 1 is 1.10 bits per heavy atom. The van der Waals surface area contributed by atoms with E-state index in [4.69, 9.17) is 16.3 Å². The zero-order valence-electron chi connectivity index (χ0n) is 16.2. The standard InChI is InChI=1S/C23H23ClN2O2S/c24-19-6-3-7-20-21(19)25-23(29-20)28-18-10-12-26(13-11-18)22(27)17-9-8-15-4-1-2-5-16(15)14-17/h3,6-9,14,18H,1-2,4-5,10-13H2. The van der Waals surface area contributed by atoms with Crippen LogP contribution in [0.4, 0.5) is 0 Å². The number of aryl methyl sites for hydroxylation is 2. The number of nitrogens with zero attached hydrogens (tertiary/aromatic N) is 2. The van der Waals surface area contributed by atoms with E-state index in [0.717, 1.165) is 41.5 Å². The van der Waals surface area contributed by atoms with Gasteiger partial charge in [0.25, 0.3) is 11.1 Å². The number of carbonyl (C=O) groups is 1. The van der Waals surface area contributed by atoms with Gasteiger partial charge in [-0.3, -0.25) is 4.79 Å². The number of amides is 1. The fourth-order valence-electron chi connectivity index (χ4n) is 4.31. The third kappa shape index (κ3) is 3.86. The van der Waals surface area contributed by atoms with E-state index in [9.17, 15) is 4.79 Å². The van der Waals surface area contributed by atoms with Gasteiger partial charge in [-0.15, -0.1) is 0 Å². The predicted octanol–water partition coefficient (Wildman–Crippen LogP) is 5.51. The first kappa shape index (κ1) is 18.9. The van der Waals surface area contributed by atoms with Crippen LogP contribution in [0.1, 0.15) is 47.2 Å². The van der Waals surface area contributed by atoms with Gasteiger partial charge >= 0.3 is 0 Å². The van der Waals surface area contributed by atoms with Crippen LogP contribution in [-0.2, 0) is 12.8 Å². The lowest BCUT2D eigenvalue weighted by Gasteiger charge is -2.32. The smallest absolute Gasteiger partial charge is 0.274 e. The molecule has 1 aromatic heterocycles. The fourth-order valence-corrected chi connectivity index (χ4v) is 5.49. The van der Waals surface area contributed by atoms with Crippen LogP contribution in [0.15, 0.2) is 36.4 Å². The Morgan fingerprint density at radius 2 is 1.90 bits per heavy atom. The Morgan fingerprint density at radius 3 is 2.69 bits per heavy atom. The number of hydrogen-bond donors (Lipinski definition) is 0. The summed E-state index contributed by atoms with van der Waals surface area (Å²) in [5, 5.41) is 1.31. The number of piperidine rings is 1. The van der Waals surface area contributed by atoms with Crippen molar-refractivity contribution in [3.8, 4) is 5.19 Å².